The van der Waals surface area contributed by atoms with Crippen LogP contribution in [0.3, 0.4) is 0 Å². The lowest BCUT2D eigenvalue weighted by molar-refractivity contribution is -0.116. The molecule has 1 amide bonds. The molecule has 0 radical (unpaired) electrons. The Morgan fingerprint density at radius 3 is 2.73 bits per heavy atom. The minimum absolute atomic E-state index is 0.0475. The fraction of sp³-hybridized carbons (Fsp3) is 0.292. The van der Waals surface area contributed by atoms with Crippen LogP contribution < -0.4 is 10.9 Å². The van der Waals surface area contributed by atoms with Crippen molar-refractivity contribution in [2.45, 2.75) is 45.9 Å². The van der Waals surface area contributed by atoms with Crippen molar-refractivity contribution in [2.24, 2.45) is 0 Å². The van der Waals surface area contributed by atoms with Crippen molar-refractivity contribution in [1.29, 1.82) is 0 Å². The molecule has 1 N–H and O–H groups in total. The van der Waals surface area contributed by atoms with Gasteiger partial charge in [0.1, 0.15) is 16.1 Å². The molecule has 0 atom stereocenters. The van der Waals surface area contributed by atoms with Crippen LogP contribution in [0.1, 0.15) is 42.4 Å². The molecule has 168 valence electrons. The van der Waals surface area contributed by atoms with E-state index in [0.717, 1.165) is 21.5 Å². The predicted molar refractivity (Wildman–Crippen MR) is 127 cm³/mol. The molecule has 3 aromatic heterocycles. The summed E-state index contributed by atoms with van der Waals surface area (Å²) in [7, 11) is 0. The molecule has 1 aromatic carbocycles. The van der Waals surface area contributed by atoms with Crippen molar-refractivity contribution in [1.82, 2.24) is 14.5 Å². The Morgan fingerprint density at radius 2 is 2.00 bits per heavy atom. The second-order valence-corrected chi connectivity index (χ2v) is 9.81. The topological polar surface area (TPSA) is 103 Å². The summed E-state index contributed by atoms with van der Waals surface area (Å²) < 4.78 is 7.67. The fourth-order valence-corrected chi connectivity index (χ4v) is 5.01. The average molecular weight is 463 g/mol. The first-order valence-electron chi connectivity index (χ1n) is 10.6. The first kappa shape index (κ1) is 21.4. The molecule has 5 rings (SSSR count). The van der Waals surface area contributed by atoms with Crippen molar-refractivity contribution in [3.63, 3.8) is 0 Å². The van der Waals surface area contributed by atoms with Crippen LogP contribution in [0.4, 0.5) is 5.69 Å². The Balaban J connectivity index is 1.43. The van der Waals surface area contributed by atoms with Crippen molar-refractivity contribution in [2.75, 3.05) is 5.32 Å². The number of hydrogen-bond acceptors (Lipinski definition) is 7. The summed E-state index contributed by atoms with van der Waals surface area (Å²) in [5.41, 5.74) is 3.16. The van der Waals surface area contributed by atoms with Gasteiger partial charge in [0.15, 0.2) is 5.78 Å². The lowest BCUT2D eigenvalue weighted by Gasteiger charge is -2.30. The van der Waals surface area contributed by atoms with E-state index in [-0.39, 0.29) is 29.4 Å². The number of ether oxygens (including phenoxy) is 1. The minimum Gasteiger partial charge on any atom is -0.370 e. The highest BCUT2D eigenvalue weighted by Gasteiger charge is 2.28. The Hall–Kier alpha value is -3.43. The average Bonchev–Trinajstić information content (AvgIpc) is 3.12. The molecule has 0 fully saturated rings. The zero-order valence-electron chi connectivity index (χ0n) is 18.5. The molecule has 4 aromatic rings. The summed E-state index contributed by atoms with van der Waals surface area (Å²) in [6, 6.07) is 8.62. The number of benzene rings is 1. The van der Waals surface area contributed by atoms with Crippen LogP contribution in [0, 0.1) is 0 Å². The number of aromatic nitrogens is 3. The Kier molecular flexibility index (Phi) is 5.10. The minimum atomic E-state index is -0.358. The molecular weight excluding hydrogens is 440 g/mol. The van der Waals surface area contributed by atoms with Gasteiger partial charge in [-0.25, -0.2) is 9.97 Å². The molecule has 1 aliphatic heterocycles. The quantitative estimate of drug-likeness (QED) is 0.464. The summed E-state index contributed by atoms with van der Waals surface area (Å²) >= 11 is 1.30. The first-order valence-corrected chi connectivity index (χ1v) is 11.4. The summed E-state index contributed by atoms with van der Waals surface area (Å²) in [5.74, 6) is -0.406. The second kappa shape index (κ2) is 7.86. The van der Waals surface area contributed by atoms with Gasteiger partial charge in [-0.3, -0.25) is 19.0 Å². The van der Waals surface area contributed by atoms with Crippen LogP contribution in [-0.4, -0.2) is 31.8 Å². The summed E-state index contributed by atoms with van der Waals surface area (Å²) in [6.07, 6.45) is 2.10. The fourth-order valence-electron chi connectivity index (χ4n) is 3.93. The predicted octanol–water partition coefficient (Wildman–Crippen LogP) is 3.70. The highest BCUT2D eigenvalue weighted by Crippen LogP contribution is 2.34. The number of nitrogens with zero attached hydrogens (tertiary/aromatic N) is 3. The highest BCUT2D eigenvalue weighted by atomic mass is 32.1. The number of anilines is 1. The van der Waals surface area contributed by atoms with E-state index in [1.807, 2.05) is 19.9 Å². The Morgan fingerprint density at radius 1 is 1.24 bits per heavy atom. The number of thiophene rings is 1. The van der Waals surface area contributed by atoms with Gasteiger partial charge in [-0.1, -0.05) is 0 Å². The van der Waals surface area contributed by atoms with Crippen molar-refractivity contribution in [3.05, 3.63) is 63.8 Å². The van der Waals surface area contributed by atoms with Gasteiger partial charge in [0, 0.05) is 28.6 Å². The van der Waals surface area contributed by atoms with Crippen molar-refractivity contribution in [3.8, 4) is 0 Å². The first-order chi connectivity index (χ1) is 15.7. The molecule has 9 heteroatoms. The Labute approximate surface area is 193 Å². The lowest BCUT2D eigenvalue weighted by atomic mass is 9.95. The van der Waals surface area contributed by atoms with Gasteiger partial charge in [-0.2, -0.15) is 0 Å². The zero-order chi connectivity index (χ0) is 23.3. The number of nitrogens with one attached hydrogen (secondary N) is 1. The van der Waals surface area contributed by atoms with Gasteiger partial charge in [-0.15, -0.1) is 11.3 Å². The van der Waals surface area contributed by atoms with E-state index in [0.29, 0.717) is 34.5 Å². The van der Waals surface area contributed by atoms with Crippen LogP contribution >= 0.6 is 11.3 Å². The number of carbonyl (C=O) groups excluding carboxylic acids is 2. The van der Waals surface area contributed by atoms with Crippen LogP contribution in [0.25, 0.3) is 20.4 Å². The van der Waals surface area contributed by atoms with E-state index in [9.17, 15) is 14.4 Å². The standard InChI is InChI=1S/C24H22N4O4S/c1-13(29)14-4-6-16(7-5-14)26-19(30)10-28-12-25-20-17-8-15-11-32-24(2,3)9-18(15)27-22(17)33-21(20)23(28)31/h4-8,12H,9-11H2,1-3H3,(H,26,30). The van der Waals surface area contributed by atoms with E-state index in [1.165, 1.54) is 29.2 Å². The monoisotopic (exact) mass is 462 g/mol. The molecule has 0 aliphatic carbocycles. The van der Waals surface area contributed by atoms with Crippen LogP contribution in [0.2, 0.25) is 0 Å². The third-order valence-corrected chi connectivity index (χ3v) is 6.78. The highest BCUT2D eigenvalue weighted by molar-refractivity contribution is 7.25. The number of Topliss-reactive ketones (excluding diaryl/α,β-unsaturated/α-hetero) is 1. The second-order valence-electron chi connectivity index (χ2n) is 8.81. The van der Waals surface area contributed by atoms with E-state index in [2.05, 4.69) is 10.3 Å². The van der Waals surface area contributed by atoms with Gasteiger partial charge in [-0.05, 0) is 51.1 Å². The Bertz CT molecular complexity index is 1480. The molecule has 0 spiro atoms. The number of fused-ring (bicyclic) bond motifs is 4. The molecule has 0 saturated carbocycles. The summed E-state index contributed by atoms with van der Waals surface area (Å²) in [5, 5.41) is 3.57. The lowest BCUT2D eigenvalue weighted by Crippen LogP contribution is -2.32. The maximum absolute atomic E-state index is 13.1. The molecule has 0 bridgehead atoms. The van der Waals surface area contributed by atoms with E-state index in [1.54, 1.807) is 24.3 Å². The third kappa shape index (κ3) is 4.05. The van der Waals surface area contributed by atoms with E-state index < -0.39 is 0 Å². The van der Waals surface area contributed by atoms with Gasteiger partial charge < -0.3 is 10.1 Å². The largest absolute Gasteiger partial charge is 0.370 e. The molecule has 0 unspecified atom stereocenters. The molecular formula is C24H22N4O4S. The van der Waals surface area contributed by atoms with Gasteiger partial charge in [0.25, 0.3) is 5.56 Å². The van der Waals surface area contributed by atoms with E-state index in [4.69, 9.17) is 9.72 Å². The SMILES string of the molecule is CC(=O)c1ccc(NC(=O)Cn2cnc3c(sc4nc5c(cc43)COC(C)(C)C5)c2=O)cc1. The van der Waals surface area contributed by atoms with E-state index >= 15 is 0 Å². The number of ketones is 1. The van der Waals surface area contributed by atoms with Gasteiger partial charge in [0.05, 0.1) is 29.7 Å². The maximum Gasteiger partial charge on any atom is 0.271 e. The maximum atomic E-state index is 13.1. The molecule has 33 heavy (non-hydrogen) atoms. The van der Waals surface area contributed by atoms with Crippen LogP contribution in [0.5, 0.6) is 0 Å². The zero-order valence-corrected chi connectivity index (χ0v) is 19.3. The van der Waals surface area contributed by atoms with Gasteiger partial charge in [0.2, 0.25) is 5.91 Å². The number of rotatable bonds is 4. The summed E-state index contributed by atoms with van der Waals surface area (Å²) in [4.78, 5) is 47.0. The van der Waals surface area contributed by atoms with Crippen molar-refractivity contribution >= 4 is 49.1 Å². The number of carbonyl (C=O) groups is 2. The third-order valence-electron chi connectivity index (χ3n) is 5.71. The summed E-state index contributed by atoms with van der Waals surface area (Å²) in [6.45, 7) is 5.87. The molecule has 8 nitrogen and oxygen atoms in total. The molecule has 0 saturated heterocycles. The number of amides is 1. The number of pyridine rings is 1. The molecule has 1 aliphatic rings. The normalized spacial score (nSPS) is 14.9. The smallest absolute Gasteiger partial charge is 0.271 e. The van der Waals surface area contributed by atoms with Gasteiger partial charge >= 0.3 is 0 Å². The number of hydrogen-bond donors (Lipinski definition) is 1. The molecule has 4 heterocycles. The van der Waals surface area contributed by atoms with Crippen LogP contribution in [0.15, 0.2) is 41.5 Å². The van der Waals surface area contributed by atoms with Crippen molar-refractivity contribution < 1.29 is 14.3 Å². The van der Waals surface area contributed by atoms with Crippen LogP contribution in [-0.2, 0) is 29.1 Å².